The monoisotopic (exact) mass is 406 g/mol. The second-order valence-electron chi connectivity index (χ2n) is 7.42. The van der Waals surface area contributed by atoms with Gasteiger partial charge in [0.2, 0.25) is 11.7 Å². The van der Waals surface area contributed by atoms with E-state index in [2.05, 4.69) is 39.3 Å². The Hall–Kier alpha value is -3.19. The zero-order chi connectivity index (χ0) is 20.8. The van der Waals surface area contributed by atoms with Crippen molar-refractivity contribution in [3.63, 3.8) is 0 Å². The van der Waals surface area contributed by atoms with Gasteiger partial charge in [0.05, 0.1) is 5.56 Å². The van der Waals surface area contributed by atoms with Crippen LogP contribution in [0.15, 0.2) is 59.1 Å². The Morgan fingerprint density at radius 3 is 2.63 bits per heavy atom. The van der Waals surface area contributed by atoms with Crippen molar-refractivity contribution < 1.29 is 14.1 Å². The van der Waals surface area contributed by atoms with Crippen LogP contribution in [-0.2, 0) is 13.2 Å². The summed E-state index contributed by atoms with van der Waals surface area (Å²) in [6.07, 6.45) is 0.948. The van der Waals surface area contributed by atoms with E-state index in [1.807, 2.05) is 29.2 Å². The van der Waals surface area contributed by atoms with Gasteiger partial charge in [0.25, 0.3) is 5.91 Å². The number of carbonyl (C=O) groups excluding carboxylic acids is 1. The summed E-state index contributed by atoms with van der Waals surface area (Å²) in [6.45, 7) is 6.07. The van der Waals surface area contributed by atoms with Crippen LogP contribution in [0.5, 0.6) is 5.75 Å². The first kappa shape index (κ1) is 20.1. The van der Waals surface area contributed by atoms with Gasteiger partial charge in [-0.25, -0.2) is 0 Å². The Bertz CT molecular complexity index is 973. The fourth-order valence-electron chi connectivity index (χ4n) is 3.66. The van der Waals surface area contributed by atoms with Crippen LogP contribution in [0, 0.1) is 6.92 Å². The van der Waals surface area contributed by atoms with E-state index in [0.717, 1.165) is 32.6 Å². The van der Waals surface area contributed by atoms with E-state index < -0.39 is 0 Å². The average Bonchev–Trinajstić information content (AvgIpc) is 3.05. The number of hydrogen-bond donors (Lipinski definition) is 0. The summed E-state index contributed by atoms with van der Waals surface area (Å²) < 4.78 is 10.8. The molecule has 1 aliphatic heterocycles. The fourth-order valence-corrected chi connectivity index (χ4v) is 3.66. The SMILES string of the molecule is Cc1nc(COc2ccccc2C(=O)N2CCCN(Cc3ccccc3)CC2)no1. The predicted molar refractivity (Wildman–Crippen MR) is 112 cm³/mol. The van der Waals surface area contributed by atoms with E-state index in [-0.39, 0.29) is 12.5 Å². The molecule has 0 radical (unpaired) electrons. The smallest absolute Gasteiger partial charge is 0.257 e. The van der Waals surface area contributed by atoms with Gasteiger partial charge in [0, 0.05) is 39.6 Å². The number of aromatic nitrogens is 2. The fraction of sp³-hybridized carbons (Fsp3) is 0.348. The topological polar surface area (TPSA) is 71.7 Å². The minimum atomic E-state index is -0.00328. The molecule has 0 aliphatic carbocycles. The molecule has 1 amide bonds. The standard InChI is InChI=1S/C23H26N4O3/c1-18-24-22(25-30-18)17-29-21-11-6-5-10-20(21)23(28)27-13-7-12-26(14-15-27)16-19-8-3-2-4-9-19/h2-6,8-11H,7,12-17H2,1H3. The van der Waals surface area contributed by atoms with Crippen molar-refractivity contribution in [2.45, 2.75) is 26.5 Å². The molecule has 3 aromatic rings. The van der Waals surface area contributed by atoms with Crippen molar-refractivity contribution in [2.75, 3.05) is 26.2 Å². The second-order valence-corrected chi connectivity index (χ2v) is 7.42. The molecule has 0 atom stereocenters. The molecule has 2 heterocycles. The molecule has 0 N–H and O–H groups in total. The van der Waals surface area contributed by atoms with Crippen molar-refractivity contribution in [3.8, 4) is 5.75 Å². The van der Waals surface area contributed by atoms with Gasteiger partial charge in [-0.3, -0.25) is 9.69 Å². The largest absolute Gasteiger partial charge is 0.485 e. The lowest BCUT2D eigenvalue weighted by atomic mass is 10.1. The third-order valence-electron chi connectivity index (χ3n) is 5.17. The maximum Gasteiger partial charge on any atom is 0.257 e. The summed E-state index contributed by atoms with van der Waals surface area (Å²) in [5.74, 6) is 1.48. The van der Waals surface area contributed by atoms with Gasteiger partial charge in [0.15, 0.2) is 6.61 Å². The highest BCUT2D eigenvalue weighted by Crippen LogP contribution is 2.22. The lowest BCUT2D eigenvalue weighted by Gasteiger charge is -2.23. The van der Waals surface area contributed by atoms with E-state index in [0.29, 0.717) is 29.6 Å². The Morgan fingerprint density at radius 1 is 1.03 bits per heavy atom. The molecule has 30 heavy (non-hydrogen) atoms. The van der Waals surface area contributed by atoms with Crippen molar-refractivity contribution in [1.29, 1.82) is 0 Å². The predicted octanol–water partition coefficient (Wildman–Crippen LogP) is 3.31. The van der Waals surface area contributed by atoms with Crippen LogP contribution in [0.3, 0.4) is 0 Å². The van der Waals surface area contributed by atoms with Gasteiger partial charge >= 0.3 is 0 Å². The van der Waals surface area contributed by atoms with Gasteiger partial charge in [-0.05, 0) is 24.1 Å². The molecule has 1 saturated heterocycles. The molecule has 1 fully saturated rings. The van der Waals surface area contributed by atoms with E-state index >= 15 is 0 Å². The number of amides is 1. The van der Waals surface area contributed by atoms with Crippen LogP contribution < -0.4 is 4.74 Å². The van der Waals surface area contributed by atoms with E-state index in [1.54, 1.807) is 13.0 Å². The van der Waals surface area contributed by atoms with E-state index in [4.69, 9.17) is 9.26 Å². The van der Waals surface area contributed by atoms with Crippen molar-refractivity contribution in [2.24, 2.45) is 0 Å². The average molecular weight is 406 g/mol. The molecule has 2 aromatic carbocycles. The lowest BCUT2D eigenvalue weighted by molar-refractivity contribution is 0.0756. The highest BCUT2D eigenvalue weighted by atomic mass is 16.5. The maximum atomic E-state index is 13.2. The van der Waals surface area contributed by atoms with Crippen molar-refractivity contribution >= 4 is 5.91 Å². The normalized spacial score (nSPS) is 15.0. The van der Waals surface area contributed by atoms with E-state index in [9.17, 15) is 4.79 Å². The van der Waals surface area contributed by atoms with Gasteiger partial charge in [-0.15, -0.1) is 0 Å². The molecule has 156 valence electrons. The quantitative estimate of drug-likeness (QED) is 0.625. The third-order valence-corrected chi connectivity index (χ3v) is 5.17. The molecule has 0 unspecified atom stereocenters. The lowest BCUT2D eigenvalue weighted by Crippen LogP contribution is -2.35. The number of hydrogen-bond acceptors (Lipinski definition) is 6. The van der Waals surface area contributed by atoms with Crippen LogP contribution in [0.25, 0.3) is 0 Å². The molecule has 7 heteroatoms. The minimum absolute atomic E-state index is 0.00328. The highest BCUT2D eigenvalue weighted by molar-refractivity contribution is 5.97. The Labute approximate surface area is 176 Å². The molecular weight excluding hydrogens is 380 g/mol. The number of rotatable bonds is 6. The highest BCUT2D eigenvalue weighted by Gasteiger charge is 2.23. The minimum Gasteiger partial charge on any atom is -0.485 e. The van der Waals surface area contributed by atoms with E-state index in [1.165, 1.54) is 5.56 Å². The van der Waals surface area contributed by atoms with Crippen LogP contribution in [0.4, 0.5) is 0 Å². The molecule has 4 rings (SSSR count). The van der Waals surface area contributed by atoms with Gasteiger partial charge in [0.1, 0.15) is 5.75 Å². The summed E-state index contributed by atoms with van der Waals surface area (Å²) in [5, 5.41) is 3.84. The maximum absolute atomic E-state index is 13.2. The molecule has 0 bridgehead atoms. The molecule has 0 saturated carbocycles. The van der Waals surface area contributed by atoms with Crippen LogP contribution in [0.2, 0.25) is 0 Å². The number of para-hydroxylation sites is 1. The van der Waals surface area contributed by atoms with Crippen LogP contribution in [0.1, 0.15) is 34.1 Å². The summed E-state index contributed by atoms with van der Waals surface area (Å²) in [7, 11) is 0. The number of aryl methyl sites for hydroxylation is 1. The number of nitrogens with zero attached hydrogens (tertiary/aromatic N) is 4. The Morgan fingerprint density at radius 2 is 1.83 bits per heavy atom. The van der Waals surface area contributed by atoms with Crippen molar-refractivity contribution in [1.82, 2.24) is 19.9 Å². The van der Waals surface area contributed by atoms with Gasteiger partial charge in [-0.1, -0.05) is 47.6 Å². The Balaban J connectivity index is 1.39. The van der Waals surface area contributed by atoms with Gasteiger partial charge in [-0.2, -0.15) is 4.98 Å². The summed E-state index contributed by atoms with van der Waals surface area (Å²) in [4.78, 5) is 21.7. The second kappa shape index (κ2) is 9.54. The summed E-state index contributed by atoms with van der Waals surface area (Å²) in [5.41, 5.74) is 1.86. The third kappa shape index (κ3) is 5.04. The molecule has 0 spiro atoms. The first-order valence-electron chi connectivity index (χ1n) is 10.3. The number of ether oxygens (including phenoxy) is 1. The Kier molecular flexibility index (Phi) is 6.39. The first-order valence-corrected chi connectivity index (χ1v) is 10.3. The first-order chi connectivity index (χ1) is 14.7. The molecule has 7 nitrogen and oxygen atoms in total. The van der Waals surface area contributed by atoms with Crippen LogP contribution in [-0.4, -0.2) is 52.0 Å². The molecule has 1 aromatic heterocycles. The summed E-state index contributed by atoms with van der Waals surface area (Å²) >= 11 is 0. The number of benzene rings is 2. The molecule has 1 aliphatic rings. The van der Waals surface area contributed by atoms with Crippen LogP contribution >= 0.6 is 0 Å². The van der Waals surface area contributed by atoms with Crippen molar-refractivity contribution in [3.05, 3.63) is 77.4 Å². The van der Waals surface area contributed by atoms with Gasteiger partial charge < -0.3 is 14.2 Å². The summed E-state index contributed by atoms with van der Waals surface area (Å²) in [6, 6.07) is 17.8. The molecular formula is C23H26N4O3. The zero-order valence-electron chi connectivity index (χ0n) is 17.2. The number of carbonyl (C=O) groups is 1. The zero-order valence-corrected chi connectivity index (χ0v) is 17.2.